The lowest BCUT2D eigenvalue weighted by molar-refractivity contribution is 0.0934. The van der Waals surface area contributed by atoms with E-state index in [9.17, 15) is 4.79 Å². The molecular formula is C14H16N2O. The number of nitrogens with one attached hydrogen (secondary N) is 1. The molecule has 1 atom stereocenters. The average molecular weight is 228 g/mol. The molecule has 1 aromatic carbocycles. The summed E-state index contributed by atoms with van der Waals surface area (Å²) in [5.74, 6) is 0.0300. The Morgan fingerprint density at radius 3 is 2.94 bits per heavy atom. The van der Waals surface area contributed by atoms with Gasteiger partial charge in [-0.05, 0) is 38.8 Å². The predicted octanol–water partition coefficient (Wildman–Crippen LogP) is 0.771. The Morgan fingerprint density at radius 1 is 1.47 bits per heavy atom. The van der Waals surface area contributed by atoms with E-state index in [4.69, 9.17) is 0 Å². The fourth-order valence-corrected chi connectivity index (χ4v) is 2.19. The third-order valence-corrected chi connectivity index (χ3v) is 3.49. The number of hydrogen-bond acceptors (Lipinski definition) is 2. The number of carbonyl (C=O) groups is 1. The molecule has 88 valence electrons. The lowest BCUT2D eigenvalue weighted by Crippen LogP contribution is -2.39. The summed E-state index contributed by atoms with van der Waals surface area (Å²) in [4.78, 5) is 16.7. The van der Waals surface area contributed by atoms with E-state index in [0.29, 0.717) is 0 Å². The second-order valence-electron chi connectivity index (χ2n) is 5.29. The molecule has 3 nitrogen and oxygen atoms in total. The van der Waals surface area contributed by atoms with Crippen LogP contribution in [0.1, 0.15) is 37.0 Å². The minimum atomic E-state index is 0.0289. The normalized spacial score (nSPS) is 23.3. The number of nitrogens with zero attached hydrogens (tertiary/aromatic N) is 1. The maximum Gasteiger partial charge on any atom is 0.252 e. The van der Waals surface area contributed by atoms with E-state index >= 15 is 0 Å². The zero-order chi connectivity index (χ0) is 12.0. The molecule has 1 amide bonds. The van der Waals surface area contributed by atoms with Crippen LogP contribution in [0.4, 0.5) is 0 Å². The molecule has 1 heterocycles. The van der Waals surface area contributed by atoms with Crippen molar-refractivity contribution in [1.82, 2.24) is 5.32 Å². The van der Waals surface area contributed by atoms with Crippen molar-refractivity contribution in [1.29, 1.82) is 0 Å². The van der Waals surface area contributed by atoms with Crippen LogP contribution in [0.5, 0.6) is 0 Å². The van der Waals surface area contributed by atoms with Gasteiger partial charge in [0.05, 0.1) is 11.4 Å². The maximum atomic E-state index is 12.2. The van der Waals surface area contributed by atoms with Crippen LogP contribution in [0.15, 0.2) is 23.2 Å². The van der Waals surface area contributed by atoms with Crippen LogP contribution < -0.4 is 15.9 Å². The number of amides is 1. The maximum absolute atomic E-state index is 12.2. The molecule has 1 N–H and O–H groups in total. The second kappa shape index (κ2) is 3.42. The molecule has 0 bridgehead atoms. The number of hydrogen-bond donors (Lipinski definition) is 1. The summed E-state index contributed by atoms with van der Waals surface area (Å²) in [6, 6.07) is 5.92. The van der Waals surface area contributed by atoms with Gasteiger partial charge in [0.15, 0.2) is 0 Å². The van der Waals surface area contributed by atoms with E-state index < -0.39 is 0 Å². The number of carbonyl (C=O) groups excluding carboxylic acids is 1. The van der Waals surface area contributed by atoms with Crippen molar-refractivity contribution in [3.8, 4) is 0 Å². The van der Waals surface area contributed by atoms with E-state index in [0.717, 1.165) is 29.0 Å². The monoisotopic (exact) mass is 228 g/mol. The fraction of sp³-hybridized carbons (Fsp3) is 0.429. The predicted molar refractivity (Wildman–Crippen MR) is 66.3 cm³/mol. The molecule has 0 radical (unpaired) electrons. The Balaban J connectivity index is 2.00. The van der Waals surface area contributed by atoms with E-state index in [1.54, 1.807) is 0 Å². The largest absolute Gasteiger partial charge is 0.347 e. The van der Waals surface area contributed by atoms with Crippen LogP contribution >= 0.6 is 0 Å². The average Bonchev–Trinajstić information content (AvgIpc) is 2.87. The Morgan fingerprint density at radius 2 is 2.24 bits per heavy atom. The zero-order valence-electron chi connectivity index (χ0n) is 10.2. The van der Waals surface area contributed by atoms with E-state index in [2.05, 4.69) is 23.3 Å². The van der Waals surface area contributed by atoms with Crippen LogP contribution in [0, 0.1) is 0 Å². The van der Waals surface area contributed by atoms with Gasteiger partial charge in [-0.15, -0.1) is 0 Å². The molecule has 1 saturated carbocycles. The minimum Gasteiger partial charge on any atom is -0.347 e. The van der Waals surface area contributed by atoms with Crippen molar-refractivity contribution in [2.75, 3.05) is 0 Å². The van der Waals surface area contributed by atoms with Gasteiger partial charge in [0.2, 0.25) is 0 Å². The summed E-state index contributed by atoms with van der Waals surface area (Å²) < 4.78 is 0. The van der Waals surface area contributed by atoms with Gasteiger partial charge in [0.1, 0.15) is 0 Å². The van der Waals surface area contributed by atoms with E-state index in [1.165, 1.54) is 0 Å². The number of fused-ring (bicyclic) bond motifs is 1. The Kier molecular flexibility index (Phi) is 2.12. The summed E-state index contributed by atoms with van der Waals surface area (Å²) in [5.41, 5.74) is 0.782. The highest BCUT2D eigenvalue weighted by Gasteiger charge is 2.38. The molecular weight excluding hydrogens is 212 g/mol. The fourth-order valence-electron chi connectivity index (χ4n) is 2.19. The van der Waals surface area contributed by atoms with Crippen LogP contribution in [0.2, 0.25) is 0 Å². The highest BCUT2D eigenvalue weighted by Crippen LogP contribution is 2.34. The van der Waals surface area contributed by atoms with E-state index in [-0.39, 0.29) is 17.5 Å². The van der Waals surface area contributed by atoms with Gasteiger partial charge in [0, 0.05) is 16.3 Å². The molecule has 2 aliphatic rings. The molecule has 0 spiro atoms. The van der Waals surface area contributed by atoms with Crippen molar-refractivity contribution in [3.05, 3.63) is 34.3 Å². The van der Waals surface area contributed by atoms with Gasteiger partial charge in [-0.25, -0.2) is 0 Å². The zero-order valence-corrected chi connectivity index (χ0v) is 10.2. The number of rotatable bonds is 2. The molecule has 1 aliphatic heterocycles. The first-order chi connectivity index (χ1) is 8.07. The molecule has 1 aromatic rings. The van der Waals surface area contributed by atoms with Crippen LogP contribution in [-0.2, 0) is 0 Å². The van der Waals surface area contributed by atoms with Crippen LogP contribution in [-0.4, -0.2) is 17.5 Å². The standard InChI is InChI=1S/C14H16N2O/c1-9-8-11-10(4-3-5-12(11)15-9)13(17)16-14(2)6-7-14/h3-5,8-9H,6-7H2,1-2H3,(H,16,17). The molecule has 3 heteroatoms. The van der Waals surface area contributed by atoms with Crippen molar-refractivity contribution in [2.45, 2.75) is 38.3 Å². The molecule has 0 aromatic heterocycles. The Labute approximate surface area is 100 Å². The summed E-state index contributed by atoms with van der Waals surface area (Å²) in [7, 11) is 0. The van der Waals surface area contributed by atoms with Crippen LogP contribution in [0.3, 0.4) is 0 Å². The minimum absolute atomic E-state index is 0.0289. The third kappa shape index (κ3) is 1.86. The smallest absolute Gasteiger partial charge is 0.252 e. The molecule has 0 saturated heterocycles. The first-order valence-corrected chi connectivity index (χ1v) is 6.09. The summed E-state index contributed by atoms with van der Waals surface area (Å²) in [5, 5.41) is 5.01. The topological polar surface area (TPSA) is 41.5 Å². The quantitative estimate of drug-likeness (QED) is 0.798. The molecule has 1 fully saturated rings. The van der Waals surface area contributed by atoms with Gasteiger partial charge in [0.25, 0.3) is 5.91 Å². The third-order valence-electron chi connectivity index (χ3n) is 3.49. The van der Waals surface area contributed by atoms with Crippen molar-refractivity contribution in [3.63, 3.8) is 0 Å². The van der Waals surface area contributed by atoms with E-state index in [1.807, 2.05) is 25.1 Å². The van der Waals surface area contributed by atoms with Gasteiger partial charge in [-0.3, -0.25) is 9.79 Å². The lowest BCUT2D eigenvalue weighted by atomic mass is 10.1. The highest BCUT2D eigenvalue weighted by molar-refractivity contribution is 5.95. The second-order valence-corrected chi connectivity index (χ2v) is 5.29. The SMILES string of the molecule is CC1C=c2c(C(=O)NC3(C)CC3)cccc2=N1. The first-order valence-electron chi connectivity index (χ1n) is 6.09. The summed E-state index contributed by atoms with van der Waals surface area (Å²) in [6.45, 7) is 4.12. The van der Waals surface area contributed by atoms with Crippen LogP contribution in [0.25, 0.3) is 6.08 Å². The van der Waals surface area contributed by atoms with Gasteiger partial charge >= 0.3 is 0 Å². The Bertz CT molecular complexity index is 599. The van der Waals surface area contributed by atoms with Gasteiger partial charge < -0.3 is 5.32 Å². The van der Waals surface area contributed by atoms with Crippen molar-refractivity contribution < 1.29 is 4.79 Å². The lowest BCUT2D eigenvalue weighted by Gasteiger charge is -2.11. The summed E-state index contributed by atoms with van der Waals surface area (Å²) >= 11 is 0. The van der Waals surface area contributed by atoms with Crippen molar-refractivity contribution in [2.24, 2.45) is 4.99 Å². The number of benzene rings is 1. The first kappa shape index (κ1) is 10.5. The van der Waals surface area contributed by atoms with Gasteiger partial charge in [-0.1, -0.05) is 12.1 Å². The molecule has 1 aliphatic carbocycles. The summed E-state index contributed by atoms with van der Waals surface area (Å²) in [6.07, 6.45) is 4.22. The highest BCUT2D eigenvalue weighted by atomic mass is 16.1. The molecule has 3 rings (SSSR count). The van der Waals surface area contributed by atoms with Gasteiger partial charge in [-0.2, -0.15) is 0 Å². The molecule has 17 heavy (non-hydrogen) atoms. The molecule has 1 unspecified atom stereocenters. The Hall–Kier alpha value is -1.64. The van der Waals surface area contributed by atoms with Crippen molar-refractivity contribution >= 4 is 12.0 Å².